The van der Waals surface area contributed by atoms with Crippen molar-refractivity contribution in [2.75, 3.05) is 25.0 Å². The molecular weight excluding hydrogens is 428 g/mol. The molecule has 0 aliphatic carbocycles. The number of nitrogens with one attached hydrogen (secondary N) is 1. The van der Waals surface area contributed by atoms with Gasteiger partial charge < -0.3 is 15.0 Å². The zero-order valence-corrected chi connectivity index (χ0v) is 18.5. The van der Waals surface area contributed by atoms with Crippen LogP contribution in [0.25, 0.3) is 5.69 Å². The molecule has 32 heavy (non-hydrogen) atoms. The van der Waals surface area contributed by atoms with Crippen molar-refractivity contribution in [2.45, 2.75) is 19.8 Å². The summed E-state index contributed by atoms with van der Waals surface area (Å²) in [6, 6.07) is 12.5. The van der Waals surface area contributed by atoms with Crippen LogP contribution in [0.15, 0.2) is 54.0 Å². The molecule has 1 N–H and O–H groups in total. The van der Waals surface area contributed by atoms with Crippen molar-refractivity contribution in [3.8, 4) is 5.69 Å². The normalized spacial score (nSPS) is 14.2. The Bertz CT molecular complexity index is 1080. The molecule has 1 saturated heterocycles. The van der Waals surface area contributed by atoms with Gasteiger partial charge in [-0.15, -0.1) is 11.3 Å². The fourth-order valence-corrected chi connectivity index (χ4v) is 4.32. The third-order valence-electron chi connectivity index (χ3n) is 5.36. The first-order chi connectivity index (χ1) is 15.5. The summed E-state index contributed by atoms with van der Waals surface area (Å²) in [5.74, 6) is -0.581. The number of esters is 1. The Kier molecular flexibility index (Phi) is 6.65. The first kappa shape index (κ1) is 21.8. The van der Waals surface area contributed by atoms with Gasteiger partial charge in [-0.2, -0.15) is 5.10 Å². The van der Waals surface area contributed by atoms with Crippen LogP contribution in [0.5, 0.6) is 0 Å². The van der Waals surface area contributed by atoms with Gasteiger partial charge in [-0.25, -0.2) is 9.48 Å². The molecule has 0 spiro atoms. The number of ether oxygens (including phenoxy) is 1. The Morgan fingerprint density at radius 3 is 2.53 bits per heavy atom. The molecule has 0 saturated carbocycles. The number of benzene rings is 1. The van der Waals surface area contributed by atoms with Crippen molar-refractivity contribution in [3.63, 3.8) is 0 Å². The molecule has 0 atom stereocenters. The molecule has 3 aromatic rings. The van der Waals surface area contributed by atoms with Gasteiger partial charge in [0.25, 0.3) is 5.91 Å². The largest absolute Gasteiger partial charge is 0.461 e. The van der Waals surface area contributed by atoms with Gasteiger partial charge >= 0.3 is 5.97 Å². The van der Waals surface area contributed by atoms with E-state index in [1.54, 1.807) is 36.0 Å². The Hall–Kier alpha value is -3.46. The predicted octanol–water partition coefficient (Wildman–Crippen LogP) is 3.60. The lowest BCUT2D eigenvalue weighted by Gasteiger charge is -2.31. The molecule has 1 fully saturated rings. The van der Waals surface area contributed by atoms with E-state index < -0.39 is 5.97 Å². The highest BCUT2D eigenvalue weighted by Crippen LogP contribution is 2.23. The lowest BCUT2D eigenvalue weighted by molar-refractivity contribution is -0.121. The van der Waals surface area contributed by atoms with Gasteiger partial charge in [0.05, 0.1) is 17.2 Å². The molecule has 1 aliphatic heterocycles. The van der Waals surface area contributed by atoms with Gasteiger partial charge in [0.2, 0.25) is 5.91 Å². The number of anilines is 1. The summed E-state index contributed by atoms with van der Waals surface area (Å²) in [5.41, 5.74) is 1.70. The van der Waals surface area contributed by atoms with Gasteiger partial charge in [0.15, 0.2) is 5.69 Å². The Balaban J connectivity index is 1.31. The van der Waals surface area contributed by atoms with Crippen molar-refractivity contribution in [2.24, 2.45) is 5.92 Å². The topological polar surface area (TPSA) is 93.5 Å². The minimum Gasteiger partial charge on any atom is -0.461 e. The molecule has 2 aromatic heterocycles. The molecule has 166 valence electrons. The zero-order chi connectivity index (χ0) is 22.5. The van der Waals surface area contributed by atoms with Crippen LogP contribution in [0.3, 0.4) is 0 Å². The van der Waals surface area contributed by atoms with Crippen molar-refractivity contribution in [1.29, 1.82) is 0 Å². The van der Waals surface area contributed by atoms with E-state index in [0.717, 1.165) is 10.6 Å². The molecular formula is C23H24N4O4S. The van der Waals surface area contributed by atoms with Crippen LogP contribution in [-0.4, -0.2) is 52.2 Å². The lowest BCUT2D eigenvalue weighted by Crippen LogP contribution is -2.41. The fraction of sp³-hybridized carbons (Fsp3) is 0.304. The fourth-order valence-electron chi connectivity index (χ4n) is 3.62. The van der Waals surface area contributed by atoms with Gasteiger partial charge in [-0.3, -0.25) is 9.59 Å². The maximum atomic E-state index is 12.7. The quantitative estimate of drug-likeness (QED) is 0.577. The van der Waals surface area contributed by atoms with E-state index in [1.165, 1.54) is 11.3 Å². The zero-order valence-electron chi connectivity index (χ0n) is 17.7. The molecule has 1 aliphatic rings. The van der Waals surface area contributed by atoms with Crippen LogP contribution in [0, 0.1) is 5.92 Å². The van der Waals surface area contributed by atoms with Gasteiger partial charge in [0, 0.05) is 30.9 Å². The summed E-state index contributed by atoms with van der Waals surface area (Å²) in [4.78, 5) is 39.5. The van der Waals surface area contributed by atoms with Gasteiger partial charge in [0.1, 0.15) is 0 Å². The van der Waals surface area contributed by atoms with E-state index in [9.17, 15) is 14.4 Å². The summed E-state index contributed by atoms with van der Waals surface area (Å²) in [7, 11) is 0. The van der Waals surface area contributed by atoms with E-state index >= 15 is 0 Å². The lowest BCUT2D eigenvalue weighted by atomic mass is 9.95. The monoisotopic (exact) mass is 452 g/mol. The third kappa shape index (κ3) is 4.88. The first-order valence-electron chi connectivity index (χ1n) is 10.5. The molecule has 0 radical (unpaired) electrons. The smallest absolute Gasteiger partial charge is 0.358 e. The van der Waals surface area contributed by atoms with Crippen molar-refractivity contribution in [1.82, 2.24) is 14.7 Å². The molecule has 4 rings (SSSR count). The minimum absolute atomic E-state index is 0.0374. The van der Waals surface area contributed by atoms with E-state index in [4.69, 9.17) is 4.74 Å². The minimum atomic E-state index is -0.460. The number of aromatic nitrogens is 2. The molecule has 0 unspecified atom stereocenters. The maximum Gasteiger partial charge on any atom is 0.358 e. The number of amides is 2. The van der Waals surface area contributed by atoms with Crippen LogP contribution >= 0.6 is 11.3 Å². The second-order valence-electron chi connectivity index (χ2n) is 7.45. The molecule has 8 nitrogen and oxygen atoms in total. The Labute approximate surface area is 189 Å². The number of carbonyl (C=O) groups excluding carboxylic acids is 3. The highest BCUT2D eigenvalue weighted by Gasteiger charge is 2.28. The van der Waals surface area contributed by atoms with Crippen molar-refractivity contribution in [3.05, 3.63) is 64.6 Å². The number of likely N-dealkylation sites (tertiary alicyclic amines) is 1. The van der Waals surface area contributed by atoms with E-state index in [2.05, 4.69) is 10.4 Å². The standard InChI is InChI=1S/C23H24N4O4S/c1-2-31-23(30)19-11-14-27(25-19)18-7-5-17(6-8-18)24-21(28)16-9-12-26(13-10-16)22(29)20-4-3-15-32-20/h3-8,11,14-16H,2,9-10,12-13H2,1H3,(H,24,28). The molecule has 3 heterocycles. The predicted molar refractivity (Wildman–Crippen MR) is 121 cm³/mol. The summed E-state index contributed by atoms with van der Waals surface area (Å²) >= 11 is 1.44. The summed E-state index contributed by atoms with van der Waals surface area (Å²) in [6.45, 7) is 3.20. The number of thiophene rings is 1. The molecule has 1 aromatic carbocycles. The summed E-state index contributed by atoms with van der Waals surface area (Å²) in [6.07, 6.45) is 2.97. The van der Waals surface area contributed by atoms with Crippen LogP contribution in [0.2, 0.25) is 0 Å². The van der Waals surface area contributed by atoms with Gasteiger partial charge in [-0.1, -0.05) is 6.07 Å². The van der Waals surface area contributed by atoms with Crippen LogP contribution < -0.4 is 5.32 Å². The second kappa shape index (κ2) is 9.78. The van der Waals surface area contributed by atoms with E-state index in [-0.39, 0.29) is 23.4 Å². The van der Waals surface area contributed by atoms with Crippen LogP contribution in [0.4, 0.5) is 5.69 Å². The molecule has 9 heteroatoms. The van der Waals surface area contributed by atoms with Gasteiger partial charge in [-0.05, 0) is 61.5 Å². The maximum absolute atomic E-state index is 12.7. The first-order valence-corrected chi connectivity index (χ1v) is 11.4. The second-order valence-corrected chi connectivity index (χ2v) is 8.39. The number of rotatable bonds is 6. The third-order valence-corrected chi connectivity index (χ3v) is 6.22. The highest BCUT2D eigenvalue weighted by atomic mass is 32.1. The number of hydrogen-bond acceptors (Lipinski definition) is 6. The van der Waals surface area contributed by atoms with Crippen LogP contribution in [0.1, 0.15) is 39.9 Å². The number of hydrogen-bond donors (Lipinski definition) is 1. The number of carbonyl (C=O) groups is 3. The van der Waals surface area contributed by atoms with E-state index in [0.29, 0.717) is 38.2 Å². The Morgan fingerprint density at radius 2 is 1.88 bits per heavy atom. The number of nitrogens with zero attached hydrogens (tertiary/aromatic N) is 3. The SMILES string of the molecule is CCOC(=O)c1ccn(-c2ccc(NC(=O)C3CCN(C(=O)c4cccs4)CC3)cc2)n1. The number of piperidine rings is 1. The van der Waals surface area contributed by atoms with Crippen molar-refractivity contribution >= 4 is 34.8 Å². The molecule has 0 bridgehead atoms. The molecule has 2 amide bonds. The van der Waals surface area contributed by atoms with Crippen molar-refractivity contribution < 1.29 is 19.1 Å². The Morgan fingerprint density at radius 1 is 1.12 bits per heavy atom. The summed E-state index contributed by atoms with van der Waals surface area (Å²) < 4.78 is 6.53. The average Bonchev–Trinajstić information content (AvgIpc) is 3.52. The van der Waals surface area contributed by atoms with Crippen LogP contribution in [-0.2, 0) is 9.53 Å². The highest BCUT2D eigenvalue weighted by molar-refractivity contribution is 7.12. The summed E-state index contributed by atoms with van der Waals surface area (Å²) in [5, 5.41) is 9.08. The average molecular weight is 453 g/mol. The van der Waals surface area contributed by atoms with E-state index in [1.807, 2.05) is 34.5 Å².